The summed E-state index contributed by atoms with van der Waals surface area (Å²) in [4.78, 5) is 16.9. The molecule has 1 amide bonds. The summed E-state index contributed by atoms with van der Waals surface area (Å²) in [5, 5.41) is 10.2. The Morgan fingerprint density at radius 3 is 2.70 bits per heavy atom. The van der Waals surface area contributed by atoms with Gasteiger partial charge in [0.2, 0.25) is 0 Å². The molecule has 2 heterocycles. The number of amides is 1. The van der Waals surface area contributed by atoms with Crippen molar-refractivity contribution in [1.29, 1.82) is 0 Å². The number of nitrogens with zero attached hydrogens (tertiary/aromatic N) is 2. The van der Waals surface area contributed by atoms with Crippen molar-refractivity contribution in [2.45, 2.75) is 26.2 Å². The molecule has 0 aliphatic carbocycles. The summed E-state index contributed by atoms with van der Waals surface area (Å²) in [6, 6.07) is 7.32. The standard InChI is InChI=1S/C17H22N4O2/c1-17(2,3)16-20-15(23-21-16)13-7-5-4-6-12(13)14(22)19-10-11-8-18-9-11/h4-7,11,18H,8-10H2,1-3H3,(H,19,22). The van der Waals surface area contributed by atoms with Crippen molar-refractivity contribution in [3.8, 4) is 11.5 Å². The van der Waals surface area contributed by atoms with Crippen molar-refractivity contribution in [2.75, 3.05) is 19.6 Å². The molecule has 2 N–H and O–H groups in total. The van der Waals surface area contributed by atoms with Crippen molar-refractivity contribution in [3.63, 3.8) is 0 Å². The molecule has 0 unspecified atom stereocenters. The minimum absolute atomic E-state index is 0.108. The lowest BCUT2D eigenvalue weighted by molar-refractivity contribution is 0.0942. The second-order valence-electron chi connectivity index (χ2n) is 6.95. The molecular weight excluding hydrogens is 292 g/mol. The van der Waals surface area contributed by atoms with E-state index >= 15 is 0 Å². The third kappa shape index (κ3) is 3.42. The molecule has 0 atom stereocenters. The van der Waals surface area contributed by atoms with Gasteiger partial charge in [-0.3, -0.25) is 4.79 Å². The molecule has 0 spiro atoms. The lowest BCUT2D eigenvalue weighted by atomic mass is 9.96. The molecule has 2 aromatic rings. The van der Waals surface area contributed by atoms with Crippen LogP contribution in [-0.4, -0.2) is 35.7 Å². The van der Waals surface area contributed by atoms with Crippen LogP contribution in [-0.2, 0) is 5.41 Å². The fraction of sp³-hybridized carbons (Fsp3) is 0.471. The fourth-order valence-electron chi connectivity index (χ4n) is 2.33. The Kier molecular flexibility index (Phi) is 4.17. The van der Waals surface area contributed by atoms with Gasteiger partial charge in [-0.1, -0.05) is 38.1 Å². The minimum atomic E-state index is -0.198. The normalized spacial score (nSPS) is 15.3. The number of carbonyl (C=O) groups excluding carboxylic acids is 1. The topological polar surface area (TPSA) is 80.0 Å². The van der Waals surface area contributed by atoms with Gasteiger partial charge < -0.3 is 15.2 Å². The van der Waals surface area contributed by atoms with Gasteiger partial charge in [-0.05, 0) is 12.1 Å². The number of rotatable bonds is 4. The first-order chi connectivity index (χ1) is 10.9. The van der Waals surface area contributed by atoms with E-state index in [9.17, 15) is 4.79 Å². The van der Waals surface area contributed by atoms with E-state index in [0.29, 0.717) is 35.3 Å². The van der Waals surface area contributed by atoms with Gasteiger partial charge in [0.05, 0.1) is 11.1 Å². The van der Waals surface area contributed by atoms with Crippen molar-refractivity contribution in [2.24, 2.45) is 5.92 Å². The van der Waals surface area contributed by atoms with Gasteiger partial charge in [-0.2, -0.15) is 4.98 Å². The van der Waals surface area contributed by atoms with E-state index in [-0.39, 0.29) is 11.3 Å². The van der Waals surface area contributed by atoms with E-state index in [0.717, 1.165) is 13.1 Å². The first-order valence-corrected chi connectivity index (χ1v) is 7.87. The maximum absolute atomic E-state index is 12.5. The molecule has 122 valence electrons. The first-order valence-electron chi connectivity index (χ1n) is 7.87. The van der Waals surface area contributed by atoms with Crippen LogP contribution in [0, 0.1) is 5.92 Å². The molecule has 3 rings (SSSR count). The predicted molar refractivity (Wildman–Crippen MR) is 87.1 cm³/mol. The van der Waals surface area contributed by atoms with E-state index in [1.165, 1.54) is 0 Å². The monoisotopic (exact) mass is 314 g/mol. The summed E-state index contributed by atoms with van der Waals surface area (Å²) in [5.74, 6) is 1.42. The van der Waals surface area contributed by atoms with Crippen LogP contribution in [0.2, 0.25) is 0 Å². The van der Waals surface area contributed by atoms with Crippen LogP contribution in [0.5, 0.6) is 0 Å². The molecule has 0 bridgehead atoms. The van der Waals surface area contributed by atoms with Gasteiger partial charge in [-0.25, -0.2) is 0 Å². The zero-order valence-corrected chi connectivity index (χ0v) is 13.7. The summed E-state index contributed by atoms with van der Waals surface area (Å²) in [6.07, 6.45) is 0. The first kappa shape index (κ1) is 15.7. The maximum atomic E-state index is 12.5. The lowest BCUT2D eigenvalue weighted by Gasteiger charge is -2.27. The summed E-state index contributed by atoms with van der Waals surface area (Å²) >= 11 is 0. The number of hydrogen-bond acceptors (Lipinski definition) is 5. The van der Waals surface area contributed by atoms with E-state index < -0.39 is 0 Å². The quantitative estimate of drug-likeness (QED) is 0.902. The fourth-order valence-corrected chi connectivity index (χ4v) is 2.33. The zero-order chi connectivity index (χ0) is 16.4. The minimum Gasteiger partial charge on any atom is -0.352 e. The number of hydrogen-bond donors (Lipinski definition) is 2. The number of carbonyl (C=O) groups is 1. The average molecular weight is 314 g/mol. The maximum Gasteiger partial charge on any atom is 0.258 e. The third-order valence-electron chi connectivity index (χ3n) is 3.92. The smallest absolute Gasteiger partial charge is 0.258 e. The highest BCUT2D eigenvalue weighted by molar-refractivity contribution is 5.99. The molecular formula is C17H22N4O2. The molecule has 1 aliphatic rings. The van der Waals surface area contributed by atoms with E-state index in [1.54, 1.807) is 6.07 Å². The van der Waals surface area contributed by atoms with E-state index in [4.69, 9.17) is 4.52 Å². The van der Waals surface area contributed by atoms with Crippen molar-refractivity contribution in [1.82, 2.24) is 20.8 Å². The Labute approximate surface area is 135 Å². The summed E-state index contributed by atoms with van der Waals surface area (Å²) in [5.41, 5.74) is 1.03. The molecule has 6 heteroatoms. The van der Waals surface area contributed by atoms with Crippen molar-refractivity contribution >= 4 is 5.91 Å². The van der Waals surface area contributed by atoms with Crippen molar-refractivity contribution < 1.29 is 9.32 Å². The SMILES string of the molecule is CC(C)(C)c1noc(-c2ccccc2C(=O)NCC2CNC2)n1. The highest BCUT2D eigenvalue weighted by Crippen LogP contribution is 2.26. The second-order valence-corrected chi connectivity index (χ2v) is 6.95. The van der Waals surface area contributed by atoms with Gasteiger partial charge in [0.25, 0.3) is 11.8 Å². The van der Waals surface area contributed by atoms with Crippen LogP contribution < -0.4 is 10.6 Å². The molecule has 23 heavy (non-hydrogen) atoms. The largest absolute Gasteiger partial charge is 0.352 e. The molecule has 0 saturated carbocycles. The van der Waals surface area contributed by atoms with Gasteiger partial charge in [0.15, 0.2) is 5.82 Å². The molecule has 6 nitrogen and oxygen atoms in total. The Bertz CT molecular complexity index is 699. The molecule has 1 saturated heterocycles. The molecule has 1 aromatic heterocycles. The molecule has 1 aromatic carbocycles. The van der Waals surface area contributed by atoms with Crippen LogP contribution >= 0.6 is 0 Å². The predicted octanol–water partition coefficient (Wildman–Crippen LogP) is 1.98. The third-order valence-corrected chi connectivity index (χ3v) is 3.92. The summed E-state index contributed by atoms with van der Waals surface area (Å²) in [6.45, 7) is 8.66. The Hall–Kier alpha value is -2.21. The molecule has 1 aliphatic heterocycles. The van der Waals surface area contributed by atoms with Crippen LogP contribution in [0.1, 0.15) is 37.0 Å². The average Bonchev–Trinajstić information content (AvgIpc) is 2.95. The number of benzene rings is 1. The Morgan fingerprint density at radius 1 is 1.35 bits per heavy atom. The van der Waals surface area contributed by atoms with Crippen LogP contribution in [0.15, 0.2) is 28.8 Å². The van der Waals surface area contributed by atoms with E-state index in [1.807, 2.05) is 39.0 Å². The second kappa shape index (κ2) is 6.12. The van der Waals surface area contributed by atoms with Crippen LogP contribution in [0.4, 0.5) is 0 Å². The molecule has 0 radical (unpaired) electrons. The zero-order valence-electron chi connectivity index (χ0n) is 13.7. The number of nitrogens with one attached hydrogen (secondary N) is 2. The molecule has 1 fully saturated rings. The number of aromatic nitrogens is 2. The van der Waals surface area contributed by atoms with Crippen molar-refractivity contribution in [3.05, 3.63) is 35.7 Å². The Morgan fingerprint density at radius 2 is 2.09 bits per heavy atom. The summed E-state index contributed by atoms with van der Waals surface area (Å²) < 4.78 is 5.37. The Balaban J connectivity index is 1.82. The lowest BCUT2D eigenvalue weighted by Crippen LogP contribution is -2.48. The van der Waals surface area contributed by atoms with Gasteiger partial charge in [0, 0.05) is 31.0 Å². The highest BCUT2D eigenvalue weighted by atomic mass is 16.5. The summed E-state index contributed by atoms with van der Waals surface area (Å²) in [7, 11) is 0. The van der Waals surface area contributed by atoms with E-state index in [2.05, 4.69) is 20.8 Å². The van der Waals surface area contributed by atoms with Gasteiger partial charge in [0.1, 0.15) is 0 Å². The van der Waals surface area contributed by atoms with Gasteiger partial charge >= 0.3 is 0 Å². The van der Waals surface area contributed by atoms with Crippen LogP contribution in [0.3, 0.4) is 0 Å². The van der Waals surface area contributed by atoms with Crippen LogP contribution in [0.25, 0.3) is 11.5 Å². The van der Waals surface area contributed by atoms with Gasteiger partial charge in [-0.15, -0.1) is 0 Å². The highest BCUT2D eigenvalue weighted by Gasteiger charge is 2.24.